The summed E-state index contributed by atoms with van der Waals surface area (Å²) in [5.74, 6) is -1.06. The predicted molar refractivity (Wildman–Crippen MR) is 97.3 cm³/mol. The van der Waals surface area contributed by atoms with E-state index in [-0.39, 0.29) is 11.3 Å². The number of nitrogens with zero attached hydrogens (tertiary/aromatic N) is 5. The molecule has 3 rings (SSSR count). The van der Waals surface area contributed by atoms with Crippen molar-refractivity contribution >= 4 is 23.0 Å². The highest BCUT2D eigenvalue weighted by atomic mass is 16.6. The van der Waals surface area contributed by atoms with E-state index in [9.17, 15) is 20.0 Å². The molecule has 0 aliphatic rings. The molecule has 1 heterocycles. The Morgan fingerprint density at radius 2 is 1.89 bits per heavy atom. The molecule has 0 atom stereocenters. The van der Waals surface area contributed by atoms with Crippen molar-refractivity contribution in [2.75, 3.05) is 0 Å². The van der Waals surface area contributed by atoms with Gasteiger partial charge in [0.25, 0.3) is 5.69 Å². The fourth-order valence-corrected chi connectivity index (χ4v) is 2.63. The Bertz CT molecular complexity index is 1070. The second kappa shape index (κ2) is 7.16. The lowest BCUT2D eigenvalue weighted by atomic mass is 10.2. The van der Waals surface area contributed by atoms with Crippen LogP contribution in [0.2, 0.25) is 0 Å². The summed E-state index contributed by atoms with van der Waals surface area (Å²) in [6.07, 6.45) is 0. The zero-order valence-electron chi connectivity index (χ0n) is 14.5. The van der Waals surface area contributed by atoms with Crippen LogP contribution in [0, 0.1) is 24.0 Å². The van der Waals surface area contributed by atoms with Crippen LogP contribution in [0.1, 0.15) is 21.7 Å². The van der Waals surface area contributed by atoms with Gasteiger partial charge in [-0.25, -0.2) is 9.48 Å². The average Bonchev–Trinajstić information content (AvgIpc) is 2.94. The van der Waals surface area contributed by atoms with Gasteiger partial charge in [-0.05, 0) is 32.0 Å². The molecule has 27 heavy (non-hydrogen) atoms. The molecular formula is C18H15N5O4. The van der Waals surface area contributed by atoms with Crippen molar-refractivity contribution in [3.8, 4) is 5.69 Å². The molecule has 0 bridgehead atoms. The Hall–Kier alpha value is -3.88. The van der Waals surface area contributed by atoms with Crippen molar-refractivity contribution in [3.63, 3.8) is 0 Å². The third kappa shape index (κ3) is 3.56. The zero-order valence-corrected chi connectivity index (χ0v) is 14.5. The molecule has 1 aromatic heterocycles. The van der Waals surface area contributed by atoms with Gasteiger partial charge in [0.2, 0.25) is 0 Å². The normalized spacial score (nSPS) is 11.0. The number of para-hydroxylation sites is 1. The molecule has 2 aromatic carbocycles. The lowest BCUT2D eigenvalue weighted by Gasteiger charge is -2.07. The quantitative estimate of drug-likeness (QED) is 0.405. The van der Waals surface area contributed by atoms with E-state index >= 15 is 0 Å². The van der Waals surface area contributed by atoms with Crippen molar-refractivity contribution in [1.82, 2.24) is 9.78 Å². The minimum atomic E-state index is -1.06. The fraction of sp³-hybridized carbons (Fsp3) is 0.111. The van der Waals surface area contributed by atoms with E-state index < -0.39 is 10.9 Å². The second-order valence-electron chi connectivity index (χ2n) is 5.73. The highest BCUT2D eigenvalue weighted by molar-refractivity contribution is 5.92. The summed E-state index contributed by atoms with van der Waals surface area (Å²) in [7, 11) is 0. The van der Waals surface area contributed by atoms with Crippen LogP contribution in [-0.4, -0.2) is 25.8 Å². The number of azo groups is 1. The molecule has 0 spiro atoms. The summed E-state index contributed by atoms with van der Waals surface area (Å²) in [6, 6.07) is 12.3. The Balaban J connectivity index is 2.01. The molecular weight excluding hydrogens is 350 g/mol. The van der Waals surface area contributed by atoms with Crippen LogP contribution in [-0.2, 0) is 0 Å². The number of aromatic nitrogens is 2. The number of aryl methyl sites for hydroxylation is 1. The Morgan fingerprint density at radius 1 is 1.15 bits per heavy atom. The molecule has 9 heteroatoms. The van der Waals surface area contributed by atoms with Crippen molar-refractivity contribution in [2.24, 2.45) is 10.2 Å². The van der Waals surface area contributed by atoms with Crippen LogP contribution in [0.4, 0.5) is 17.1 Å². The van der Waals surface area contributed by atoms with Crippen molar-refractivity contribution in [1.29, 1.82) is 0 Å². The van der Waals surface area contributed by atoms with E-state index in [2.05, 4.69) is 15.3 Å². The van der Waals surface area contributed by atoms with Gasteiger partial charge >= 0.3 is 5.97 Å². The van der Waals surface area contributed by atoms with Crippen LogP contribution in [0.5, 0.6) is 0 Å². The summed E-state index contributed by atoms with van der Waals surface area (Å²) in [5.41, 5.74) is 2.43. The van der Waals surface area contributed by atoms with Crippen molar-refractivity contribution in [3.05, 3.63) is 75.6 Å². The van der Waals surface area contributed by atoms with Gasteiger partial charge in [-0.2, -0.15) is 10.2 Å². The number of carboxylic acids is 1. The third-order valence-electron chi connectivity index (χ3n) is 3.92. The first kappa shape index (κ1) is 17.9. The number of carboxylic acid groups (broad SMARTS) is 1. The number of benzene rings is 2. The average molecular weight is 365 g/mol. The Morgan fingerprint density at radius 3 is 2.59 bits per heavy atom. The van der Waals surface area contributed by atoms with Gasteiger partial charge < -0.3 is 5.11 Å². The van der Waals surface area contributed by atoms with Gasteiger partial charge in [-0.1, -0.05) is 18.2 Å². The summed E-state index contributed by atoms with van der Waals surface area (Å²) in [4.78, 5) is 21.8. The maximum Gasteiger partial charge on any atom is 0.337 e. The summed E-state index contributed by atoms with van der Waals surface area (Å²) < 4.78 is 1.50. The molecule has 0 aliphatic carbocycles. The smallest absolute Gasteiger partial charge is 0.337 e. The number of nitro benzene ring substituents is 1. The molecule has 0 aliphatic heterocycles. The first-order chi connectivity index (χ1) is 12.9. The maximum atomic E-state index is 11.5. The van der Waals surface area contributed by atoms with Gasteiger partial charge in [0.1, 0.15) is 5.69 Å². The van der Waals surface area contributed by atoms with E-state index in [1.54, 1.807) is 38.1 Å². The molecule has 9 nitrogen and oxygen atoms in total. The van der Waals surface area contributed by atoms with E-state index in [0.717, 1.165) is 0 Å². The van der Waals surface area contributed by atoms with Gasteiger partial charge in [0.05, 0.1) is 33.2 Å². The van der Waals surface area contributed by atoms with Crippen LogP contribution < -0.4 is 0 Å². The lowest BCUT2D eigenvalue weighted by Crippen LogP contribution is -2.07. The minimum Gasteiger partial charge on any atom is -0.478 e. The Kier molecular flexibility index (Phi) is 4.75. The lowest BCUT2D eigenvalue weighted by molar-refractivity contribution is -0.384. The number of carbonyl (C=O) groups is 1. The molecule has 0 unspecified atom stereocenters. The summed E-state index contributed by atoms with van der Waals surface area (Å²) in [6.45, 7) is 3.48. The second-order valence-corrected chi connectivity index (χ2v) is 5.73. The Labute approximate surface area is 153 Å². The van der Waals surface area contributed by atoms with Gasteiger partial charge in [0, 0.05) is 12.1 Å². The van der Waals surface area contributed by atoms with E-state index in [1.807, 2.05) is 0 Å². The van der Waals surface area contributed by atoms with E-state index in [1.165, 1.54) is 28.9 Å². The molecule has 1 N–H and O–H groups in total. The van der Waals surface area contributed by atoms with Gasteiger partial charge in [-0.3, -0.25) is 10.1 Å². The monoisotopic (exact) mass is 365 g/mol. The number of nitro groups is 1. The van der Waals surface area contributed by atoms with Crippen LogP contribution in [0.3, 0.4) is 0 Å². The molecule has 0 saturated carbocycles. The maximum absolute atomic E-state index is 11.5. The van der Waals surface area contributed by atoms with Crippen LogP contribution in [0.15, 0.2) is 58.8 Å². The number of hydrogen-bond donors (Lipinski definition) is 1. The van der Waals surface area contributed by atoms with Crippen molar-refractivity contribution < 1.29 is 14.8 Å². The molecule has 0 radical (unpaired) electrons. The number of non-ortho nitro benzene ring substituents is 1. The fourth-order valence-electron chi connectivity index (χ4n) is 2.63. The molecule has 0 saturated heterocycles. The number of aromatic carboxylic acids is 1. The number of rotatable bonds is 5. The van der Waals surface area contributed by atoms with E-state index in [4.69, 9.17) is 0 Å². The predicted octanol–water partition coefficient (Wildman–Crippen LogP) is 4.51. The summed E-state index contributed by atoms with van der Waals surface area (Å²) >= 11 is 0. The molecule has 0 amide bonds. The summed E-state index contributed by atoms with van der Waals surface area (Å²) in [5, 5.41) is 32.8. The van der Waals surface area contributed by atoms with Crippen LogP contribution >= 0.6 is 0 Å². The first-order valence-electron chi connectivity index (χ1n) is 7.93. The zero-order chi connectivity index (χ0) is 19.6. The van der Waals surface area contributed by atoms with E-state index in [0.29, 0.717) is 28.5 Å². The SMILES string of the molecule is Cc1nn(-c2ccccc2C(=O)O)c(C)c1N=Nc1cccc([N+](=O)[O-])c1. The van der Waals surface area contributed by atoms with Gasteiger partial charge in [-0.15, -0.1) is 5.11 Å². The number of hydrogen-bond acceptors (Lipinski definition) is 6. The topological polar surface area (TPSA) is 123 Å². The molecule has 0 fully saturated rings. The van der Waals surface area contributed by atoms with Crippen LogP contribution in [0.25, 0.3) is 5.69 Å². The standard InChI is InChI=1S/C18H15N5O4/c1-11-17(20-19-13-6-5-7-14(10-13)23(26)27)12(2)22(21-11)16-9-4-3-8-15(16)18(24)25/h3-10H,1-2H3,(H,24,25). The highest BCUT2D eigenvalue weighted by Crippen LogP contribution is 2.29. The first-order valence-corrected chi connectivity index (χ1v) is 7.93. The highest BCUT2D eigenvalue weighted by Gasteiger charge is 2.17. The third-order valence-corrected chi connectivity index (χ3v) is 3.92. The largest absolute Gasteiger partial charge is 0.478 e. The van der Waals surface area contributed by atoms with Gasteiger partial charge in [0.15, 0.2) is 0 Å². The van der Waals surface area contributed by atoms with Crippen molar-refractivity contribution in [2.45, 2.75) is 13.8 Å². The molecule has 3 aromatic rings. The molecule has 136 valence electrons. The minimum absolute atomic E-state index is 0.0778.